The van der Waals surface area contributed by atoms with Gasteiger partial charge in [-0.25, -0.2) is 9.18 Å². The van der Waals surface area contributed by atoms with Crippen molar-refractivity contribution < 1.29 is 9.18 Å². The molecule has 2 aromatic rings. The molecule has 0 aliphatic carbocycles. The van der Waals surface area contributed by atoms with Crippen LogP contribution in [0.2, 0.25) is 0 Å². The number of halogens is 1. The Kier molecular flexibility index (Phi) is 6.12. The van der Waals surface area contributed by atoms with Gasteiger partial charge in [0.05, 0.1) is 5.56 Å². The van der Waals surface area contributed by atoms with Crippen LogP contribution >= 0.6 is 0 Å². The molecule has 0 saturated carbocycles. The minimum absolute atomic E-state index is 0.0621. The molecule has 1 amide bonds. The Morgan fingerprint density at radius 1 is 1.14 bits per heavy atom. The van der Waals surface area contributed by atoms with Gasteiger partial charge in [-0.05, 0) is 30.7 Å². The number of hydrogen-bond donors (Lipinski definition) is 0. The van der Waals surface area contributed by atoms with Gasteiger partial charge in [0.25, 0.3) is 5.56 Å². The minimum atomic E-state index is -0.439. The van der Waals surface area contributed by atoms with Gasteiger partial charge in [0, 0.05) is 58.6 Å². The van der Waals surface area contributed by atoms with Gasteiger partial charge in [-0.15, -0.1) is 0 Å². The molecule has 2 heterocycles. The third-order valence-electron chi connectivity index (χ3n) is 5.38. The zero-order chi connectivity index (χ0) is 21.1. The molecule has 3 rings (SSSR count). The second-order valence-corrected chi connectivity index (χ2v) is 7.27. The number of aryl methyl sites for hydroxylation is 1. The van der Waals surface area contributed by atoms with Crippen molar-refractivity contribution in [3.63, 3.8) is 0 Å². The molecular weight excluding hydrogens is 375 g/mol. The maximum Gasteiger partial charge on any atom is 0.330 e. The van der Waals surface area contributed by atoms with E-state index >= 15 is 0 Å². The summed E-state index contributed by atoms with van der Waals surface area (Å²) in [6.07, 6.45) is 4.24. The number of piperazine rings is 1. The summed E-state index contributed by atoms with van der Waals surface area (Å²) < 4.78 is 15.8. The van der Waals surface area contributed by atoms with E-state index in [2.05, 4.69) is 4.90 Å². The monoisotopic (exact) mass is 400 g/mol. The molecule has 1 aromatic carbocycles. The second-order valence-electron chi connectivity index (χ2n) is 7.27. The molecule has 0 bridgehead atoms. The average Bonchev–Trinajstić information content (AvgIpc) is 2.73. The topological polar surface area (TPSA) is 67.5 Å². The molecule has 1 aliphatic heterocycles. The SMILES string of the molecule is CC(c1cccc(F)c1)N1CCN(C(=O)C=Cc2cn(C)c(=O)n(C)c2=O)CC1. The van der Waals surface area contributed by atoms with Crippen molar-refractivity contribution in [1.29, 1.82) is 0 Å². The molecule has 1 atom stereocenters. The summed E-state index contributed by atoms with van der Waals surface area (Å²) >= 11 is 0. The van der Waals surface area contributed by atoms with E-state index in [4.69, 9.17) is 0 Å². The van der Waals surface area contributed by atoms with Gasteiger partial charge in [0.15, 0.2) is 0 Å². The second kappa shape index (κ2) is 8.57. The van der Waals surface area contributed by atoms with Crippen molar-refractivity contribution in [3.8, 4) is 0 Å². The van der Waals surface area contributed by atoms with Crippen LogP contribution in [0.1, 0.15) is 24.1 Å². The van der Waals surface area contributed by atoms with E-state index in [1.165, 1.54) is 36.0 Å². The van der Waals surface area contributed by atoms with Crippen molar-refractivity contribution >= 4 is 12.0 Å². The maximum atomic E-state index is 13.5. The quantitative estimate of drug-likeness (QED) is 0.722. The fourth-order valence-corrected chi connectivity index (χ4v) is 3.52. The van der Waals surface area contributed by atoms with Crippen molar-refractivity contribution in [1.82, 2.24) is 18.9 Å². The maximum absolute atomic E-state index is 13.5. The molecule has 1 aromatic heterocycles. The largest absolute Gasteiger partial charge is 0.337 e. The lowest BCUT2D eigenvalue weighted by atomic mass is 10.1. The highest BCUT2D eigenvalue weighted by molar-refractivity contribution is 5.91. The lowest BCUT2D eigenvalue weighted by Gasteiger charge is -2.37. The molecule has 154 valence electrons. The highest BCUT2D eigenvalue weighted by Crippen LogP contribution is 2.22. The predicted molar refractivity (Wildman–Crippen MR) is 109 cm³/mol. The van der Waals surface area contributed by atoms with Crippen molar-refractivity contribution in [2.24, 2.45) is 14.1 Å². The molecule has 0 spiro atoms. The van der Waals surface area contributed by atoms with E-state index in [1.54, 1.807) is 24.1 Å². The number of benzene rings is 1. The Bertz CT molecular complexity index is 1050. The Morgan fingerprint density at radius 3 is 2.48 bits per heavy atom. The van der Waals surface area contributed by atoms with Crippen LogP contribution in [0, 0.1) is 5.82 Å². The van der Waals surface area contributed by atoms with Crippen LogP contribution in [-0.2, 0) is 18.9 Å². The minimum Gasteiger partial charge on any atom is -0.337 e. The average molecular weight is 400 g/mol. The van der Waals surface area contributed by atoms with Crippen LogP contribution in [0.5, 0.6) is 0 Å². The van der Waals surface area contributed by atoms with E-state index in [0.717, 1.165) is 10.1 Å². The summed E-state index contributed by atoms with van der Waals surface area (Å²) in [5.41, 5.74) is 0.337. The number of amides is 1. The van der Waals surface area contributed by atoms with Crippen molar-refractivity contribution in [2.75, 3.05) is 26.2 Å². The molecule has 29 heavy (non-hydrogen) atoms. The summed E-state index contributed by atoms with van der Waals surface area (Å²) in [4.78, 5) is 40.3. The third-order valence-corrected chi connectivity index (χ3v) is 5.38. The standard InChI is InChI=1S/C21H25FN4O3/c1-15(16-5-4-6-18(22)13-16)25-9-11-26(12-10-25)19(27)8-7-17-14-23(2)21(29)24(3)20(17)28/h4-8,13-15H,9-12H2,1-3H3. The number of hydrogen-bond acceptors (Lipinski definition) is 4. The van der Waals surface area contributed by atoms with E-state index in [9.17, 15) is 18.8 Å². The zero-order valence-electron chi connectivity index (χ0n) is 16.8. The lowest BCUT2D eigenvalue weighted by molar-refractivity contribution is -0.127. The van der Waals surface area contributed by atoms with Gasteiger partial charge in [-0.1, -0.05) is 12.1 Å². The van der Waals surface area contributed by atoms with Crippen LogP contribution in [0.25, 0.3) is 6.08 Å². The van der Waals surface area contributed by atoms with Crippen LogP contribution in [0.15, 0.2) is 46.1 Å². The van der Waals surface area contributed by atoms with Crippen LogP contribution in [0.3, 0.4) is 0 Å². The fraction of sp³-hybridized carbons (Fsp3) is 0.381. The first kappa shape index (κ1) is 20.7. The van der Waals surface area contributed by atoms with Crippen LogP contribution < -0.4 is 11.2 Å². The van der Waals surface area contributed by atoms with Gasteiger partial charge in [0.1, 0.15) is 5.82 Å². The number of carbonyl (C=O) groups is 1. The molecule has 7 nitrogen and oxygen atoms in total. The number of rotatable bonds is 4. The smallest absolute Gasteiger partial charge is 0.330 e. The number of carbonyl (C=O) groups excluding carboxylic acids is 1. The van der Waals surface area contributed by atoms with E-state index in [-0.39, 0.29) is 23.3 Å². The Hall–Kier alpha value is -3.00. The summed E-state index contributed by atoms with van der Waals surface area (Å²) in [5, 5.41) is 0. The highest BCUT2D eigenvalue weighted by atomic mass is 19.1. The van der Waals surface area contributed by atoms with Crippen LogP contribution in [0.4, 0.5) is 4.39 Å². The van der Waals surface area contributed by atoms with Crippen molar-refractivity contribution in [3.05, 3.63) is 74.3 Å². The Balaban J connectivity index is 1.63. The Morgan fingerprint density at radius 2 is 1.83 bits per heavy atom. The van der Waals surface area contributed by atoms with Gasteiger partial charge in [-0.2, -0.15) is 0 Å². The lowest BCUT2D eigenvalue weighted by Crippen LogP contribution is -2.48. The number of nitrogens with zero attached hydrogens (tertiary/aromatic N) is 4. The van der Waals surface area contributed by atoms with E-state index in [1.807, 2.05) is 13.0 Å². The summed E-state index contributed by atoms with van der Waals surface area (Å²) in [5.74, 6) is -0.433. The first-order chi connectivity index (χ1) is 13.8. The number of aromatic nitrogens is 2. The van der Waals surface area contributed by atoms with Gasteiger partial charge >= 0.3 is 5.69 Å². The molecule has 1 aliphatic rings. The third kappa shape index (κ3) is 4.54. The fourth-order valence-electron chi connectivity index (χ4n) is 3.52. The zero-order valence-corrected chi connectivity index (χ0v) is 16.8. The van der Waals surface area contributed by atoms with E-state index in [0.29, 0.717) is 26.2 Å². The molecule has 8 heteroatoms. The molecule has 1 saturated heterocycles. The highest BCUT2D eigenvalue weighted by Gasteiger charge is 2.24. The first-order valence-corrected chi connectivity index (χ1v) is 9.51. The molecular formula is C21H25FN4O3. The molecule has 0 N–H and O–H groups in total. The summed E-state index contributed by atoms with van der Waals surface area (Å²) in [6.45, 7) is 4.49. The Labute approximate surface area is 168 Å². The van der Waals surface area contributed by atoms with Crippen molar-refractivity contribution in [2.45, 2.75) is 13.0 Å². The molecule has 1 fully saturated rings. The van der Waals surface area contributed by atoms with Gasteiger partial charge < -0.3 is 9.47 Å². The summed E-state index contributed by atoms with van der Waals surface area (Å²) in [6, 6.07) is 6.64. The molecule has 1 unspecified atom stereocenters. The van der Waals surface area contributed by atoms with E-state index < -0.39 is 11.2 Å². The van der Waals surface area contributed by atoms with Gasteiger partial charge in [-0.3, -0.25) is 19.1 Å². The molecule has 0 radical (unpaired) electrons. The van der Waals surface area contributed by atoms with Crippen LogP contribution in [-0.4, -0.2) is 51.0 Å². The van der Waals surface area contributed by atoms with Gasteiger partial charge in [0.2, 0.25) is 5.91 Å². The normalized spacial score (nSPS) is 16.3. The first-order valence-electron chi connectivity index (χ1n) is 9.51. The predicted octanol–water partition coefficient (Wildman–Crippen LogP) is 1.14. The summed E-state index contributed by atoms with van der Waals surface area (Å²) in [7, 11) is 2.96.